The molecule has 0 bridgehead atoms. The lowest BCUT2D eigenvalue weighted by molar-refractivity contribution is -0.121. The number of hydrogen-bond donors (Lipinski definition) is 1. The highest BCUT2D eigenvalue weighted by Crippen LogP contribution is 2.36. The fourth-order valence-corrected chi connectivity index (χ4v) is 5.18. The van der Waals surface area contributed by atoms with Crippen LogP contribution in [0.1, 0.15) is 71.7 Å². The number of nitrogens with zero attached hydrogens (tertiary/aromatic N) is 1. The van der Waals surface area contributed by atoms with E-state index in [2.05, 4.69) is 5.32 Å². The minimum absolute atomic E-state index is 0.155. The highest BCUT2D eigenvalue weighted by Gasteiger charge is 2.31. The molecule has 28 heavy (non-hydrogen) atoms. The van der Waals surface area contributed by atoms with Gasteiger partial charge in [-0.3, -0.25) is 19.3 Å². The molecule has 3 amide bonds. The van der Waals surface area contributed by atoms with Crippen molar-refractivity contribution >= 4 is 40.4 Å². The fraction of sp³-hybridized carbons (Fsp3) is 0.409. The van der Waals surface area contributed by atoms with Crippen molar-refractivity contribution in [2.45, 2.75) is 57.8 Å². The third-order valence-corrected chi connectivity index (χ3v) is 6.83. The maximum atomic E-state index is 12.8. The molecule has 2 heterocycles. The maximum Gasteiger partial charge on any atom is 0.256 e. The molecule has 0 spiro atoms. The van der Waals surface area contributed by atoms with Crippen LogP contribution in [-0.2, 0) is 9.59 Å². The number of imide groups is 1. The Morgan fingerprint density at radius 2 is 1.82 bits per heavy atom. The molecule has 4 rings (SSSR count). The highest BCUT2D eigenvalue weighted by atomic mass is 32.1. The van der Waals surface area contributed by atoms with E-state index in [0.717, 1.165) is 5.56 Å². The summed E-state index contributed by atoms with van der Waals surface area (Å²) in [6.45, 7) is 1.82. The first-order valence-electron chi connectivity index (χ1n) is 9.90. The van der Waals surface area contributed by atoms with Gasteiger partial charge < -0.3 is 5.32 Å². The maximum absolute atomic E-state index is 12.8. The van der Waals surface area contributed by atoms with Crippen LogP contribution in [-0.4, -0.2) is 17.7 Å². The number of carbonyl (C=O) groups excluding carboxylic acids is 3. The molecule has 1 aromatic carbocycles. The molecule has 2 fully saturated rings. The summed E-state index contributed by atoms with van der Waals surface area (Å²) >= 11 is 1.66. The third-order valence-electron chi connectivity index (χ3n) is 5.74. The van der Waals surface area contributed by atoms with Gasteiger partial charge in [0.1, 0.15) is 0 Å². The Morgan fingerprint density at radius 1 is 1.11 bits per heavy atom. The average Bonchev–Trinajstić information content (AvgIpc) is 3.32. The van der Waals surface area contributed by atoms with Crippen LogP contribution < -0.4 is 10.2 Å². The van der Waals surface area contributed by atoms with Crippen molar-refractivity contribution in [1.82, 2.24) is 0 Å². The molecule has 146 valence electrons. The molecule has 1 saturated carbocycles. The summed E-state index contributed by atoms with van der Waals surface area (Å²) in [4.78, 5) is 39.4. The SMILES string of the molecule is Cc1c(NC(=O)c2csc(C3CCCCC3)c2)cccc1N1C(=O)CCC1=O. The molecule has 1 aromatic heterocycles. The van der Waals surface area contributed by atoms with E-state index >= 15 is 0 Å². The van der Waals surface area contributed by atoms with E-state index in [9.17, 15) is 14.4 Å². The summed E-state index contributed by atoms with van der Waals surface area (Å²) in [5.41, 5.74) is 2.57. The Bertz CT molecular complexity index is 912. The number of nitrogens with one attached hydrogen (secondary N) is 1. The second-order valence-electron chi connectivity index (χ2n) is 7.60. The van der Waals surface area contributed by atoms with Gasteiger partial charge >= 0.3 is 0 Å². The molecule has 0 unspecified atom stereocenters. The van der Waals surface area contributed by atoms with Gasteiger partial charge in [0, 0.05) is 28.8 Å². The summed E-state index contributed by atoms with van der Waals surface area (Å²) in [5.74, 6) is 0.0493. The number of carbonyl (C=O) groups is 3. The zero-order valence-corrected chi connectivity index (χ0v) is 16.8. The average molecular weight is 397 g/mol. The first-order valence-corrected chi connectivity index (χ1v) is 10.8. The second kappa shape index (κ2) is 7.87. The zero-order valence-electron chi connectivity index (χ0n) is 16.0. The third kappa shape index (κ3) is 3.61. The lowest BCUT2D eigenvalue weighted by Gasteiger charge is -2.20. The van der Waals surface area contributed by atoms with E-state index in [0.29, 0.717) is 22.9 Å². The van der Waals surface area contributed by atoms with Gasteiger partial charge in [0.05, 0.1) is 11.3 Å². The van der Waals surface area contributed by atoms with Gasteiger partial charge in [-0.15, -0.1) is 11.3 Å². The number of thiophene rings is 1. The van der Waals surface area contributed by atoms with Gasteiger partial charge in [0.2, 0.25) is 11.8 Å². The lowest BCUT2D eigenvalue weighted by atomic mass is 9.88. The molecular formula is C22H24N2O3S. The summed E-state index contributed by atoms with van der Waals surface area (Å²) in [7, 11) is 0. The van der Waals surface area contributed by atoms with Gasteiger partial charge in [0.25, 0.3) is 5.91 Å². The minimum Gasteiger partial charge on any atom is -0.322 e. The molecule has 2 aliphatic rings. The van der Waals surface area contributed by atoms with Crippen molar-refractivity contribution < 1.29 is 14.4 Å². The van der Waals surface area contributed by atoms with E-state index in [1.54, 1.807) is 29.5 Å². The van der Waals surface area contributed by atoms with E-state index in [1.807, 2.05) is 18.4 Å². The zero-order chi connectivity index (χ0) is 19.7. The van der Waals surface area contributed by atoms with Crippen LogP contribution in [0.15, 0.2) is 29.6 Å². The molecule has 5 nitrogen and oxygen atoms in total. The Balaban J connectivity index is 1.52. The molecule has 1 aliphatic heterocycles. The fourth-order valence-electron chi connectivity index (χ4n) is 4.11. The van der Waals surface area contributed by atoms with E-state index in [4.69, 9.17) is 0 Å². The molecule has 1 saturated heterocycles. The topological polar surface area (TPSA) is 66.5 Å². The number of hydrogen-bond acceptors (Lipinski definition) is 4. The summed E-state index contributed by atoms with van der Waals surface area (Å²) < 4.78 is 0. The molecule has 1 aliphatic carbocycles. The van der Waals surface area contributed by atoms with Crippen LogP contribution in [0.25, 0.3) is 0 Å². The quantitative estimate of drug-likeness (QED) is 0.739. The van der Waals surface area contributed by atoms with Crippen molar-refractivity contribution in [2.75, 3.05) is 10.2 Å². The molecular weight excluding hydrogens is 372 g/mol. The molecule has 1 N–H and O–H groups in total. The van der Waals surface area contributed by atoms with Crippen LogP contribution in [0, 0.1) is 6.92 Å². The Morgan fingerprint density at radius 3 is 2.54 bits per heavy atom. The van der Waals surface area contributed by atoms with Gasteiger partial charge in [-0.25, -0.2) is 0 Å². The second-order valence-corrected chi connectivity index (χ2v) is 8.54. The molecule has 2 aromatic rings. The molecule has 0 atom stereocenters. The summed E-state index contributed by atoms with van der Waals surface area (Å²) in [6.07, 6.45) is 6.75. The predicted octanol–water partition coefficient (Wildman–Crippen LogP) is 5.01. The standard InChI is InChI=1S/C22H24N2O3S/c1-14-17(8-5-9-18(14)24-20(25)10-11-21(24)26)23-22(27)16-12-19(28-13-16)15-6-3-2-4-7-15/h5,8-9,12-13,15H,2-4,6-7,10-11H2,1H3,(H,23,27). The van der Waals surface area contributed by atoms with E-state index in [-0.39, 0.29) is 30.6 Å². The first kappa shape index (κ1) is 18.9. The largest absolute Gasteiger partial charge is 0.322 e. The Labute approximate surface area is 168 Å². The van der Waals surface area contributed by atoms with E-state index in [1.165, 1.54) is 41.9 Å². The van der Waals surface area contributed by atoms with Crippen molar-refractivity contribution in [3.63, 3.8) is 0 Å². The van der Waals surface area contributed by atoms with Crippen molar-refractivity contribution in [1.29, 1.82) is 0 Å². The van der Waals surface area contributed by atoms with Crippen LogP contribution >= 0.6 is 11.3 Å². The Hall–Kier alpha value is -2.47. The molecule has 6 heteroatoms. The lowest BCUT2D eigenvalue weighted by Crippen LogP contribution is -2.29. The molecule has 0 radical (unpaired) electrons. The first-order chi connectivity index (χ1) is 13.5. The Kier molecular flexibility index (Phi) is 5.31. The van der Waals surface area contributed by atoms with Gasteiger partial charge in [-0.05, 0) is 49.4 Å². The number of rotatable bonds is 4. The number of anilines is 2. The normalized spacial score (nSPS) is 18.0. The van der Waals surface area contributed by atoms with Gasteiger partial charge in [0.15, 0.2) is 0 Å². The smallest absolute Gasteiger partial charge is 0.256 e. The van der Waals surface area contributed by atoms with Crippen molar-refractivity contribution in [3.05, 3.63) is 45.6 Å². The summed E-state index contributed by atoms with van der Waals surface area (Å²) in [5, 5.41) is 4.88. The van der Waals surface area contributed by atoms with E-state index < -0.39 is 0 Å². The van der Waals surface area contributed by atoms with Gasteiger partial charge in [-0.2, -0.15) is 0 Å². The van der Waals surface area contributed by atoms with Crippen molar-refractivity contribution in [3.8, 4) is 0 Å². The van der Waals surface area contributed by atoms with Crippen LogP contribution in [0.2, 0.25) is 0 Å². The van der Waals surface area contributed by atoms with Crippen LogP contribution in [0.4, 0.5) is 11.4 Å². The summed E-state index contributed by atoms with van der Waals surface area (Å²) in [6, 6.07) is 7.33. The highest BCUT2D eigenvalue weighted by molar-refractivity contribution is 7.10. The van der Waals surface area contributed by atoms with Crippen LogP contribution in [0.5, 0.6) is 0 Å². The van der Waals surface area contributed by atoms with Crippen LogP contribution in [0.3, 0.4) is 0 Å². The van der Waals surface area contributed by atoms with Gasteiger partial charge in [-0.1, -0.05) is 25.3 Å². The number of amides is 3. The minimum atomic E-state index is -0.188. The predicted molar refractivity (Wildman–Crippen MR) is 111 cm³/mol. The van der Waals surface area contributed by atoms with Crippen molar-refractivity contribution in [2.24, 2.45) is 0 Å². The number of benzene rings is 1. The monoisotopic (exact) mass is 396 g/mol.